The minimum Gasteiger partial charge on any atom is -0.465 e. The number of dihydropyridines is 1. The Bertz CT molecular complexity index is 1330. The summed E-state index contributed by atoms with van der Waals surface area (Å²) >= 11 is 0. The van der Waals surface area contributed by atoms with E-state index < -0.39 is 12.0 Å². The standard InChI is InChI=1S/C32H36F2N2O4/c1-7-20(3)29(24-12-14-26(15-13-24)40-32(33,34)8-2)36-30(37)28-17-22(5)27(19-35-28)21(4)16-23-10-9-11-25(18-23)31(38)39-6/h8-15,17-18,20-21,27H,2,7,16,19H2,1,3-6H3. The third-order valence-corrected chi connectivity index (χ3v) is 7.16. The third kappa shape index (κ3) is 7.81. The van der Waals surface area contributed by atoms with Gasteiger partial charge in [0.05, 0.1) is 18.4 Å². The molecule has 1 heterocycles. The van der Waals surface area contributed by atoms with Gasteiger partial charge >= 0.3 is 12.1 Å². The smallest absolute Gasteiger partial charge is 0.419 e. The van der Waals surface area contributed by atoms with Gasteiger partial charge in [-0.3, -0.25) is 9.79 Å². The van der Waals surface area contributed by atoms with Crippen molar-refractivity contribution in [2.45, 2.75) is 46.6 Å². The molecular formula is C32H36F2N2O4. The number of aliphatic imine (C=N–C) groups is 2. The molecule has 2 aromatic rings. The molecule has 0 fully saturated rings. The normalized spacial score (nSPS) is 17.3. The van der Waals surface area contributed by atoms with Gasteiger partial charge in [0.25, 0.3) is 5.91 Å². The lowest BCUT2D eigenvalue weighted by atomic mass is 9.82. The van der Waals surface area contributed by atoms with E-state index in [2.05, 4.69) is 28.2 Å². The Morgan fingerprint density at radius 3 is 2.48 bits per heavy atom. The van der Waals surface area contributed by atoms with Crippen LogP contribution in [0.5, 0.6) is 5.75 Å². The highest BCUT2D eigenvalue weighted by atomic mass is 19.3. The first-order valence-electron chi connectivity index (χ1n) is 13.3. The third-order valence-electron chi connectivity index (χ3n) is 7.16. The summed E-state index contributed by atoms with van der Waals surface area (Å²) in [5, 5.41) is 0. The van der Waals surface area contributed by atoms with Crippen molar-refractivity contribution in [2.24, 2.45) is 27.7 Å². The molecular weight excluding hydrogens is 514 g/mol. The van der Waals surface area contributed by atoms with Gasteiger partial charge in [-0.2, -0.15) is 8.78 Å². The van der Waals surface area contributed by atoms with E-state index in [9.17, 15) is 18.4 Å². The first-order chi connectivity index (χ1) is 19.0. The number of carbonyl (C=O) groups excluding carboxylic acids is 2. The summed E-state index contributed by atoms with van der Waals surface area (Å²) in [4.78, 5) is 34.1. The van der Waals surface area contributed by atoms with Crippen molar-refractivity contribution < 1.29 is 27.8 Å². The zero-order valence-corrected chi connectivity index (χ0v) is 23.6. The summed E-state index contributed by atoms with van der Waals surface area (Å²) in [5.74, 6) is -0.517. The zero-order valence-electron chi connectivity index (χ0n) is 23.6. The molecule has 3 rings (SSSR count). The average Bonchev–Trinajstić information content (AvgIpc) is 2.95. The van der Waals surface area contributed by atoms with E-state index >= 15 is 0 Å². The highest BCUT2D eigenvalue weighted by Gasteiger charge is 2.27. The Kier molecular flexibility index (Phi) is 10.3. The Labute approximate surface area is 234 Å². The first-order valence-corrected chi connectivity index (χ1v) is 13.3. The SMILES string of the molecule is C=CC(F)(F)Oc1ccc(C(=NC(=O)C2=NCC(C(C)Cc3cccc(C(=O)OC)c3)C(C)=C2)C(C)CC)cc1. The molecule has 1 amide bonds. The predicted molar refractivity (Wildman–Crippen MR) is 153 cm³/mol. The van der Waals surface area contributed by atoms with Gasteiger partial charge in [0.1, 0.15) is 11.5 Å². The van der Waals surface area contributed by atoms with E-state index in [1.54, 1.807) is 24.3 Å². The van der Waals surface area contributed by atoms with Gasteiger partial charge < -0.3 is 9.47 Å². The number of hydrogen-bond acceptors (Lipinski definition) is 5. The number of nitrogens with zero attached hydrogens (tertiary/aromatic N) is 2. The number of rotatable bonds is 11. The van der Waals surface area contributed by atoms with E-state index in [1.165, 1.54) is 19.2 Å². The van der Waals surface area contributed by atoms with E-state index in [1.807, 2.05) is 39.0 Å². The molecule has 0 bridgehead atoms. The number of benzene rings is 2. The first kappa shape index (κ1) is 30.6. The van der Waals surface area contributed by atoms with Crippen molar-refractivity contribution in [2.75, 3.05) is 13.7 Å². The summed E-state index contributed by atoms with van der Waals surface area (Å²) in [7, 11) is 1.36. The molecule has 212 valence electrons. The molecule has 0 aliphatic carbocycles. The molecule has 8 heteroatoms. The lowest BCUT2D eigenvalue weighted by Crippen LogP contribution is -2.26. The molecule has 0 saturated carbocycles. The zero-order chi connectivity index (χ0) is 29.4. The second-order valence-electron chi connectivity index (χ2n) is 10.1. The lowest BCUT2D eigenvalue weighted by molar-refractivity contribution is -0.131. The number of ether oxygens (including phenoxy) is 2. The summed E-state index contributed by atoms with van der Waals surface area (Å²) in [6.07, 6.45) is 0.228. The van der Waals surface area contributed by atoms with Gasteiger partial charge in [0.15, 0.2) is 0 Å². The minimum atomic E-state index is -3.48. The summed E-state index contributed by atoms with van der Waals surface area (Å²) < 4.78 is 36.4. The van der Waals surface area contributed by atoms with Crippen LogP contribution >= 0.6 is 0 Å². The Morgan fingerprint density at radius 1 is 1.18 bits per heavy atom. The number of halogens is 2. The number of amides is 1. The Hall–Kier alpha value is -3.94. The maximum Gasteiger partial charge on any atom is 0.419 e. The molecule has 3 unspecified atom stereocenters. The van der Waals surface area contributed by atoms with Crippen LogP contribution in [0.25, 0.3) is 0 Å². The molecule has 1 aliphatic heterocycles. The van der Waals surface area contributed by atoms with Crippen molar-refractivity contribution in [1.82, 2.24) is 0 Å². The molecule has 0 radical (unpaired) electrons. The van der Waals surface area contributed by atoms with E-state index in [0.717, 1.165) is 24.0 Å². The molecule has 0 N–H and O–H groups in total. The van der Waals surface area contributed by atoms with Crippen LogP contribution in [-0.4, -0.2) is 43.1 Å². The highest BCUT2D eigenvalue weighted by Crippen LogP contribution is 2.28. The fraction of sp³-hybridized carbons (Fsp3) is 0.375. The van der Waals surface area contributed by atoms with Crippen molar-refractivity contribution in [3.05, 3.63) is 89.5 Å². The number of alkyl halides is 2. The van der Waals surface area contributed by atoms with Crippen LogP contribution in [-0.2, 0) is 16.0 Å². The second kappa shape index (κ2) is 13.4. The monoisotopic (exact) mass is 550 g/mol. The van der Waals surface area contributed by atoms with Crippen LogP contribution in [0.15, 0.2) is 82.8 Å². The average molecular weight is 551 g/mol. The quantitative estimate of drug-likeness (QED) is 0.173. The molecule has 1 aliphatic rings. The highest BCUT2D eigenvalue weighted by molar-refractivity contribution is 6.45. The summed E-state index contributed by atoms with van der Waals surface area (Å²) in [6.45, 7) is 11.6. The molecule has 2 aromatic carbocycles. The van der Waals surface area contributed by atoms with E-state index in [-0.39, 0.29) is 29.5 Å². The van der Waals surface area contributed by atoms with Crippen LogP contribution in [0.1, 0.15) is 55.6 Å². The van der Waals surface area contributed by atoms with Crippen LogP contribution in [0, 0.1) is 17.8 Å². The van der Waals surface area contributed by atoms with Gasteiger partial charge in [0, 0.05) is 18.5 Å². The molecule has 6 nitrogen and oxygen atoms in total. The van der Waals surface area contributed by atoms with Crippen molar-refractivity contribution >= 4 is 23.3 Å². The second-order valence-corrected chi connectivity index (χ2v) is 10.1. The number of methoxy groups -OCH3 is 1. The number of esters is 1. The molecule has 0 spiro atoms. The fourth-order valence-corrected chi connectivity index (χ4v) is 4.64. The topological polar surface area (TPSA) is 77.3 Å². The van der Waals surface area contributed by atoms with Crippen molar-refractivity contribution in [3.63, 3.8) is 0 Å². The fourth-order valence-electron chi connectivity index (χ4n) is 4.64. The van der Waals surface area contributed by atoms with Crippen LogP contribution in [0.3, 0.4) is 0 Å². The van der Waals surface area contributed by atoms with Gasteiger partial charge in [-0.15, -0.1) is 0 Å². The molecule has 0 saturated heterocycles. The Morgan fingerprint density at radius 2 is 1.88 bits per heavy atom. The number of hydrogen-bond donors (Lipinski definition) is 0. The molecule has 40 heavy (non-hydrogen) atoms. The van der Waals surface area contributed by atoms with E-state index in [4.69, 9.17) is 4.74 Å². The maximum atomic E-state index is 13.5. The van der Waals surface area contributed by atoms with Crippen LogP contribution in [0.4, 0.5) is 8.78 Å². The minimum absolute atomic E-state index is 0.0177. The van der Waals surface area contributed by atoms with Gasteiger partial charge in [-0.1, -0.05) is 45.1 Å². The summed E-state index contributed by atoms with van der Waals surface area (Å²) in [6, 6.07) is 13.5. The predicted octanol–water partition coefficient (Wildman–Crippen LogP) is 6.89. The van der Waals surface area contributed by atoms with Crippen molar-refractivity contribution in [1.29, 1.82) is 0 Å². The number of carbonyl (C=O) groups is 2. The molecule has 3 atom stereocenters. The maximum absolute atomic E-state index is 13.5. The van der Waals surface area contributed by atoms with Crippen LogP contribution in [0.2, 0.25) is 0 Å². The van der Waals surface area contributed by atoms with Crippen LogP contribution < -0.4 is 4.74 Å². The lowest BCUT2D eigenvalue weighted by Gasteiger charge is -2.26. The summed E-state index contributed by atoms with van der Waals surface area (Å²) in [5.41, 5.74) is 4.08. The van der Waals surface area contributed by atoms with Gasteiger partial charge in [-0.25, -0.2) is 9.79 Å². The Balaban J connectivity index is 1.75. The van der Waals surface area contributed by atoms with E-state index in [0.29, 0.717) is 35.2 Å². The van der Waals surface area contributed by atoms with Gasteiger partial charge in [-0.05, 0) is 85.2 Å². The van der Waals surface area contributed by atoms with Gasteiger partial charge in [0.2, 0.25) is 0 Å². The van der Waals surface area contributed by atoms with Crippen molar-refractivity contribution in [3.8, 4) is 5.75 Å². The largest absolute Gasteiger partial charge is 0.465 e. The molecule has 0 aromatic heterocycles.